The molecule has 4 nitrogen and oxygen atoms in total. The number of benzene rings is 1. The molecular weight excluding hydrogens is 276 g/mol. The van der Waals surface area contributed by atoms with Crippen LogP contribution in [-0.2, 0) is 0 Å². The number of pyridine rings is 1. The van der Waals surface area contributed by atoms with Gasteiger partial charge in [0.25, 0.3) is 5.91 Å². The van der Waals surface area contributed by atoms with Crippen molar-refractivity contribution in [2.75, 3.05) is 6.54 Å². The second-order valence-electron chi connectivity index (χ2n) is 5.04. The second kappa shape index (κ2) is 6.20. The van der Waals surface area contributed by atoms with Gasteiger partial charge < -0.3 is 10.4 Å². The van der Waals surface area contributed by atoms with Crippen LogP contribution in [0.4, 0.5) is 0 Å². The van der Waals surface area contributed by atoms with Gasteiger partial charge in [0.1, 0.15) is 10.8 Å². The number of hydrogen-bond donors (Lipinski definition) is 2. The normalized spacial score (nSPS) is 12.7. The minimum Gasteiger partial charge on any atom is -0.391 e. The number of carbonyl (C=O) groups excluding carboxylic acids is 1. The van der Waals surface area contributed by atoms with Gasteiger partial charge in [-0.25, -0.2) is 4.98 Å². The number of nitrogens with one attached hydrogen (secondary N) is 1. The van der Waals surface area contributed by atoms with Crippen molar-refractivity contribution in [3.05, 3.63) is 41.2 Å². The van der Waals surface area contributed by atoms with E-state index in [0.29, 0.717) is 5.15 Å². The summed E-state index contributed by atoms with van der Waals surface area (Å²) in [6.45, 7) is 3.98. The van der Waals surface area contributed by atoms with Crippen LogP contribution in [-0.4, -0.2) is 28.6 Å². The molecule has 1 amide bonds. The molecule has 106 valence electrons. The molecule has 1 aromatic heterocycles. The summed E-state index contributed by atoms with van der Waals surface area (Å²) in [6, 6.07) is 9.17. The number of aliphatic hydroxyl groups excluding tert-OH is 1. The molecule has 20 heavy (non-hydrogen) atoms. The summed E-state index contributed by atoms with van der Waals surface area (Å²) in [4.78, 5) is 16.1. The van der Waals surface area contributed by atoms with E-state index in [2.05, 4.69) is 10.3 Å². The number of amides is 1. The van der Waals surface area contributed by atoms with E-state index in [4.69, 9.17) is 11.6 Å². The molecule has 0 bridgehead atoms. The summed E-state index contributed by atoms with van der Waals surface area (Å²) in [5, 5.41) is 14.3. The summed E-state index contributed by atoms with van der Waals surface area (Å²) < 4.78 is 0. The molecule has 2 rings (SSSR count). The van der Waals surface area contributed by atoms with Crippen molar-refractivity contribution in [3.8, 4) is 0 Å². The number of fused-ring (bicyclic) bond motifs is 1. The Morgan fingerprint density at radius 1 is 1.40 bits per heavy atom. The number of rotatable bonds is 4. The van der Waals surface area contributed by atoms with Crippen LogP contribution in [0.5, 0.6) is 0 Å². The van der Waals surface area contributed by atoms with Crippen LogP contribution < -0.4 is 5.32 Å². The zero-order valence-corrected chi connectivity index (χ0v) is 12.2. The third-order valence-corrected chi connectivity index (χ3v) is 3.46. The molecule has 2 N–H and O–H groups in total. The van der Waals surface area contributed by atoms with Gasteiger partial charge in [-0.3, -0.25) is 4.79 Å². The fourth-order valence-corrected chi connectivity index (χ4v) is 2.06. The highest BCUT2D eigenvalue weighted by Gasteiger charge is 2.14. The number of nitrogens with zero attached hydrogens (tertiary/aromatic N) is 1. The number of hydrogen-bond acceptors (Lipinski definition) is 3. The lowest BCUT2D eigenvalue weighted by Crippen LogP contribution is -2.35. The smallest absolute Gasteiger partial charge is 0.270 e. The molecule has 1 aromatic carbocycles. The van der Waals surface area contributed by atoms with Crippen molar-refractivity contribution in [2.45, 2.75) is 20.0 Å². The molecule has 0 saturated heterocycles. The predicted molar refractivity (Wildman–Crippen MR) is 79.9 cm³/mol. The molecule has 0 saturated carbocycles. The van der Waals surface area contributed by atoms with Gasteiger partial charge in [0, 0.05) is 11.9 Å². The Bertz CT molecular complexity index is 628. The van der Waals surface area contributed by atoms with E-state index in [0.717, 1.165) is 10.8 Å². The van der Waals surface area contributed by atoms with Gasteiger partial charge in [-0.05, 0) is 17.4 Å². The van der Waals surface area contributed by atoms with Gasteiger partial charge in [-0.15, -0.1) is 0 Å². The van der Waals surface area contributed by atoms with E-state index in [1.54, 1.807) is 6.07 Å². The monoisotopic (exact) mass is 292 g/mol. The Morgan fingerprint density at radius 2 is 2.10 bits per heavy atom. The summed E-state index contributed by atoms with van der Waals surface area (Å²) in [7, 11) is 0. The lowest BCUT2D eigenvalue weighted by Gasteiger charge is -2.15. The maximum absolute atomic E-state index is 12.0. The van der Waals surface area contributed by atoms with E-state index < -0.39 is 6.10 Å². The Morgan fingerprint density at radius 3 is 2.80 bits per heavy atom. The summed E-state index contributed by atoms with van der Waals surface area (Å²) in [6.07, 6.45) is -0.574. The SMILES string of the molecule is CC(C)C(O)CNC(=O)c1cc2ccccc2c(Cl)n1. The lowest BCUT2D eigenvalue weighted by molar-refractivity contribution is 0.0867. The first-order chi connectivity index (χ1) is 9.49. The van der Waals surface area contributed by atoms with Crippen LogP contribution in [0, 0.1) is 5.92 Å². The Labute approximate surface area is 122 Å². The largest absolute Gasteiger partial charge is 0.391 e. The van der Waals surface area contributed by atoms with Crippen molar-refractivity contribution in [3.63, 3.8) is 0 Å². The lowest BCUT2D eigenvalue weighted by atomic mass is 10.1. The van der Waals surface area contributed by atoms with Gasteiger partial charge >= 0.3 is 0 Å². The van der Waals surface area contributed by atoms with Crippen LogP contribution in [0.15, 0.2) is 30.3 Å². The third kappa shape index (κ3) is 3.26. The molecular formula is C15H17ClN2O2. The first-order valence-corrected chi connectivity index (χ1v) is 6.88. The van der Waals surface area contributed by atoms with Gasteiger partial charge in [-0.2, -0.15) is 0 Å². The number of aliphatic hydroxyl groups is 1. The molecule has 1 unspecified atom stereocenters. The molecule has 0 aliphatic heterocycles. The van der Waals surface area contributed by atoms with Crippen LogP contribution >= 0.6 is 11.6 Å². The van der Waals surface area contributed by atoms with Crippen LogP contribution in [0.1, 0.15) is 24.3 Å². The second-order valence-corrected chi connectivity index (χ2v) is 5.40. The van der Waals surface area contributed by atoms with E-state index in [1.165, 1.54) is 0 Å². The van der Waals surface area contributed by atoms with Gasteiger partial charge in [0.15, 0.2) is 0 Å². The zero-order chi connectivity index (χ0) is 14.7. The quantitative estimate of drug-likeness (QED) is 0.852. The molecule has 0 aliphatic carbocycles. The number of carbonyl (C=O) groups is 1. The molecule has 0 aliphatic rings. The van der Waals surface area contributed by atoms with Crippen molar-refractivity contribution >= 4 is 28.3 Å². The standard InChI is InChI=1S/C15H17ClN2O2/c1-9(2)13(19)8-17-15(20)12-7-10-5-3-4-6-11(10)14(16)18-12/h3-7,9,13,19H,8H2,1-2H3,(H,17,20). The van der Waals surface area contributed by atoms with Crippen LogP contribution in [0.2, 0.25) is 5.15 Å². The van der Waals surface area contributed by atoms with E-state index in [1.807, 2.05) is 38.1 Å². The molecule has 1 heterocycles. The highest BCUT2D eigenvalue weighted by atomic mass is 35.5. The first-order valence-electron chi connectivity index (χ1n) is 6.50. The molecule has 0 fully saturated rings. The fraction of sp³-hybridized carbons (Fsp3) is 0.333. The van der Waals surface area contributed by atoms with E-state index in [9.17, 15) is 9.90 Å². The number of aromatic nitrogens is 1. The van der Waals surface area contributed by atoms with Gasteiger partial charge in [0.2, 0.25) is 0 Å². The highest BCUT2D eigenvalue weighted by Crippen LogP contribution is 2.22. The third-order valence-electron chi connectivity index (χ3n) is 3.17. The van der Waals surface area contributed by atoms with Crippen molar-refractivity contribution in [2.24, 2.45) is 5.92 Å². The zero-order valence-electron chi connectivity index (χ0n) is 11.4. The predicted octanol–water partition coefficient (Wildman–Crippen LogP) is 2.63. The Kier molecular flexibility index (Phi) is 4.57. The summed E-state index contributed by atoms with van der Waals surface area (Å²) in [5.41, 5.74) is 0.254. The van der Waals surface area contributed by atoms with Crippen molar-refractivity contribution in [1.29, 1.82) is 0 Å². The van der Waals surface area contributed by atoms with Gasteiger partial charge in [-0.1, -0.05) is 49.7 Å². The van der Waals surface area contributed by atoms with E-state index >= 15 is 0 Å². The molecule has 5 heteroatoms. The first kappa shape index (κ1) is 14.8. The van der Waals surface area contributed by atoms with Crippen LogP contribution in [0.25, 0.3) is 10.8 Å². The maximum atomic E-state index is 12.0. The minimum atomic E-state index is -0.574. The molecule has 0 spiro atoms. The molecule has 2 aromatic rings. The molecule has 1 atom stereocenters. The van der Waals surface area contributed by atoms with Gasteiger partial charge in [0.05, 0.1) is 6.10 Å². The van der Waals surface area contributed by atoms with Crippen molar-refractivity contribution in [1.82, 2.24) is 10.3 Å². The fourth-order valence-electron chi connectivity index (χ4n) is 1.80. The van der Waals surface area contributed by atoms with Crippen molar-refractivity contribution < 1.29 is 9.90 Å². The molecule has 0 radical (unpaired) electrons. The average molecular weight is 293 g/mol. The topological polar surface area (TPSA) is 62.2 Å². The Balaban J connectivity index is 2.18. The maximum Gasteiger partial charge on any atom is 0.270 e. The minimum absolute atomic E-state index is 0.0865. The summed E-state index contributed by atoms with van der Waals surface area (Å²) >= 11 is 6.08. The van der Waals surface area contributed by atoms with Crippen LogP contribution in [0.3, 0.4) is 0 Å². The Hall–Kier alpha value is -1.65. The number of halogens is 1. The summed E-state index contributed by atoms with van der Waals surface area (Å²) in [5.74, 6) is -0.249. The van der Waals surface area contributed by atoms with E-state index in [-0.39, 0.29) is 24.1 Å². The highest BCUT2D eigenvalue weighted by molar-refractivity contribution is 6.34. The average Bonchev–Trinajstić information content (AvgIpc) is 2.44.